The van der Waals surface area contributed by atoms with Gasteiger partial charge < -0.3 is 5.73 Å². The zero-order valence-electron chi connectivity index (χ0n) is 11.3. The van der Waals surface area contributed by atoms with Crippen LogP contribution in [0.15, 0.2) is 17.0 Å². The van der Waals surface area contributed by atoms with Gasteiger partial charge in [-0.25, -0.2) is 8.42 Å². The summed E-state index contributed by atoms with van der Waals surface area (Å²) in [5, 5.41) is 0.737. The minimum Gasteiger partial charge on any atom is -0.330 e. The van der Waals surface area contributed by atoms with E-state index in [0.717, 1.165) is 12.8 Å². The zero-order valence-corrected chi connectivity index (χ0v) is 13.6. The second kappa shape index (κ2) is 6.20. The van der Waals surface area contributed by atoms with Gasteiger partial charge in [-0.15, -0.1) is 0 Å². The van der Waals surface area contributed by atoms with E-state index < -0.39 is 10.0 Å². The van der Waals surface area contributed by atoms with Gasteiger partial charge in [0.05, 0.1) is 4.90 Å². The minimum absolute atomic E-state index is 0.157. The number of hydrogen-bond acceptors (Lipinski definition) is 3. The Bertz CT molecular complexity index is 573. The molecule has 1 heterocycles. The molecule has 20 heavy (non-hydrogen) atoms. The Balaban J connectivity index is 2.27. The van der Waals surface area contributed by atoms with Gasteiger partial charge in [0, 0.05) is 23.1 Å². The molecule has 1 fully saturated rings. The summed E-state index contributed by atoms with van der Waals surface area (Å²) in [4.78, 5) is 0.157. The topological polar surface area (TPSA) is 63.4 Å². The molecule has 1 saturated heterocycles. The van der Waals surface area contributed by atoms with Gasteiger partial charge in [-0.2, -0.15) is 4.31 Å². The number of nitrogens with zero attached hydrogens (tertiary/aromatic N) is 1. The summed E-state index contributed by atoms with van der Waals surface area (Å²) >= 11 is 12.1. The summed E-state index contributed by atoms with van der Waals surface area (Å²) < 4.78 is 26.6. The maximum atomic E-state index is 12.6. The fourth-order valence-electron chi connectivity index (χ4n) is 2.31. The number of nitrogens with two attached hydrogens (primary N) is 1. The highest BCUT2D eigenvalue weighted by molar-refractivity contribution is 7.89. The first-order chi connectivity index (χ1) is 9.36. The van der Waals surface area contributed by atoms with Crippen molar-refractivity contribution in [2.45, 2.75) is 24.7 Å². The first kappa shape index (κ1) is 16.0. The Morgan fingerprint density at radius 3 is 2.20 bits per heavy atom. The van der Waals surface area contributed by atoms with Gasteiger partial charge in [0.25, 0.3) is 0 Å². The van der Waals surface area contributed by atoms with Gasteiger partial charge in [-0.1, -0.05) is 23.2 Å². The van der Waals surface area contributed by atoms with E-state index in [1.54, 1.807) is 6.92 Å². The predicted octanol–water partition coefficient (Wildman–Crippen LogP) is 2.66. The lowest BCUT2D eigenvalue weighted by molar-refractivity contribution is 0.278. The zero-order chi connectivity index (χ0) is 14.9. The first-order valence-corrected chi connectivity index (χ1v) is 8.71. The monoisotopic (exact) mass is 336 g/mol. The van der Waals surface area contributed by atoms with E-state index in [4.69, 9.17) is 28.9 Å². The normalized spacial score (nSPS) is 18.4. The number of hydrogen-bond donors (Lipinski definition) is 1. The Kier molecular flexibility index (Phi) is 4.97. The van der Waals surface area contributed by atoms with Crippen molar-refractivity contribution in [3.05, 3.63) is 27.7 Å². The highest BCUT2D eigenvalue weighted by Crippen LogP contribution is 2.30. The number of piperidine rings is 1. The van der Waals surface area contributed by atoms with Crippen LogP contribution in [0.3, 0.4) is 0 Å². The van der Waals surface area contributed by atoms with E-state index in [-0.39, 0.29) is 4.90 Å². The predicted molar refractivity (Wildman–Crippen MR) is 81.7 cm³/mol. The molecule has 1 aliphatic heterocycles. The largest absolute Gasteiger partial charge is 0.330 e. The molecule has 0 spiro atoms. The van der Waals surface area contributed by atoms with E-state index in [2.05, 4.69) is 0 Å². The number of benzene rings is 1. The van der Waals surface area contributed by atoms with Crippen molar-refractivity contribution in [3.63, 3.8) is 0 Å². The van der Waals surface area contributed by atoms with Gasteiger partial charge in [0.2, 0.25) is 10.0 Å². The maximum Gasteiger partial charge on any atom is 0.243 e. The Morgan fingerprint density at radius 2 is 1.75 bits per heavy atom. The summed E-state index contributed by atoms with van der Waals surface area (Å²) in [6.07, 6.45) is 1.59. The molecule has 2 N–H and O–H groups in total. The van der Waals surface area contributed by atoms with Crippen LogP contribution in [0.2, 0.25) is 10.0 Å². The SMILES string of the molecule is Cc1c(Cl)cc(S(=O)(=O)N2CCC(CN)CC2)cc1Cl. The summed E-state index contributed by atoms with van der Waals surface area (Å²) in [6, 6.07) is 2.93. The lowest BCUT2D eigenvalue weighted by atomic mass is 9.99. The maximum absolute atomic E-state index is 12.6. The van der Waals surface area contributed by atoms with Gasteiger partial charge >= 0.3 is 0 Å². The van der Waals surface area contributed by atoms with Crippen LogP contribution in [-0.4, -0.2) is 32.4 Å². The van der Waals surface area contributed by atoms with Crippen molar-refractivity contribution in [2.24, 2.45) is 11.7 Å². The summed E-state index contributed by atoms with van der Waals surface area (Å²) in [5.74, 6) is 0.409. The number of rotatable bonds is 3. The second-order valence-electron chi connectivity index (χ2n) is 5.10. The first-order valence-electron chi connectivity index (χ1n) is 6.52. The molecule has 1 aromatic rings. The van der Waals surface area contributed by atoms with E-state index >= 15 is 0 Å². The van der Waals surface area contributed by atoms with Gasteiger partial charge in [0.15, 0.2) is 0 Å². The molecule has 0 unspecified atom stereocenters. The van der Waals surface area contributed by atoms with Crippen LogP contribution in [0.25, 0.3) is 0 Å². The molecule has 2 rings (SSSR count). The molecular weight excluding hydrogens is 319 g/mol. The highest BCUT2D eigenvalue weighted by atomic mass is 35.5. The fourth-order valence-corrected chi connectivity index (χ4v) is 4.45. The van der Waals surface area contributed by atoms with Crippen LogP contribution in [0, 0.1) is 12.8 Å². The van der Waals surface area contributed by atoms with Crippen LogP contribution >= 0.6 is 23.2 Å². The average molecular weight is 337 g/mol. The molecule has 0 radical (unpaired) electrons. The van der Waals surface area contributed by atoms with Crippen molar-refractivity contribution in [1.82, 2.24) is 4.31 Å². The van der Waals surface area contributed by atoms with Crippen LogP contribution in [0.5, 0.6) is 0 Å². The lowest BCUT2D eigenvalue weighted by Gasteiger charge is -2.30. The molecule has 0 saturated carbocycles. The molecule has 1 aliphatic rings. The van der Waals surface area contributed by atoms with E-state index in [0.29, 0.717) is 41.2 Å². The van der Waals surface area contributed by atoms with E-state index in [9.17, 15) is 8.42 Å². The Labute approximate surface area is 129 Å². The number of sulfonamides is 1. The third-order valence-electron chi connectivity index (χ3n) is 3.80. The smallest absolute Gasteiger partial charge is 0.243 e. The van der Waals surface area contributed by atoms with Gasteiger partial charge in [0.1, 0.15) is 0 Å². The molecule has 0 aromatic heterocycles. The third-order valence-corrected chi connectivity index (χ3v) is 6.46. The number of halogens is 2. The molecule has 4 nitrogen and oxygen atoms in total. The average Bonchev–Trinajstić information content (AvgIpc) is 2.44. The fraction of sp³-hybridized carbons (Fsp3) is 0.538. The summed E-state index contributed by atoms with van der Waals surface area (Å²) in [7, 11) is -3.53. The van der Waals surface area contributed by atoms with Crippen LogP contribution in [-0.2, 0) is 10.0 Å². The third kappa shape index (κ3) is 3.12. The molecule has 0 amide bonds. The van der Waals surface area contributed by atoms with E-state index in [1.807, 2.05) is 0 Å². The minimum atomic E-state index is -3.53. The molecule has 0 atom stereocenters. The van der Waals surface area contributed by atoms with Gasteiger partial charge in [-0.05, 0) is 49.9 Å². The summed E-state index contributed by atoms with van der Waals surface area (Å²) in [5.41, 5.74) is 6.31. The van der Waals surface area contributed by atoms with Crippen LogP contribution in [0.4, 0.5) is 0 Å². The van der Waals surface area contributed by atoms with Crippen molar-refractivity contribution >= 4 is 33.2 Å². The second-order valence-corrected chi connectivity index (χ2v) is 7.85. The molecular formula is C13H18Cl2N2O2S. The van der Waals surface area contributed by atoms with Crippen LogP contribution < -0.4 is 5.73 Å². The van der Waals surface area contributed by atoms with E-state index in [1.165, 1.54) is 16.4 Å². The van der Waals surface area contributed by atoms with Crippen molar-refractivity contribution < 1.29 is 8.42 Å². The molecule has 112 valence electrons. The van der Waals surface area contributed by atoms with Crippen LogP contribution in [0.1, 0.15) is 18.4 Å². The standard InChI is InChI=1S/C13H18Cl2N2O2S/c1-9-12(14)6-11(7-13(9)15)20(18,19)17-4-2-10(8-16)3-5-17/h6-7,10H,2-5,8,16H2,1H3. The highest BCUT2D eigenvalue weighted by Gasteiger charge is 2.29. The Hall–Kier alpha value is -0.330. The van der Waals surface area contributed by atoms with Crippen molar-refractivity contribution in [2.75, 3.05) is 19.6 Å². The molecule has 1 aromatic carbocycles. The van der Waals surface area contributed by atoms with Crippen molar-refractivity contribution in [1.29, 1.82) is 0 Å². The summed E-state index contributed by atoms with van der Waals surface area (Å²) in [6.45, 7) is 3.35. The molecule has 0 bridgehead atoms. The molecule has 0 aliphatic carbocycles. The Morgan fingerprint density at radius 1 is 1.25 bits per heavy atom. The quantitative estimate of drug-likeness (QED) is 0.922. The van der Waals surface area contributed by atoms with Crippen molar-refractivity contribution in [3.8, 4) is 0 Å². The molecule has 7 heteroatoms. The van der Waals surface area contributed by atoms with Gasteiger partial charge in [-0.3, -0.25) is 0 Å². The lowest BCUT2D eigenvalue weighted by Crippen LogP contribution is -2.40.